The molecule has 2 fully saturated rings. The zero-order valence-electron chi connectivity index (χ0n) is 14.2. The van der Waals surface area contributed by atoms with Crippen molar-refractivity contribution in [3.63, 3.8) is 0 Å². The van der Waals surface area contributed by atoms with Crippen molar-refractivity contribution in [2.24, 2.45) is 5.92 Å². The molecular formula is C18H25ClN2O3. The van der Waals surface area contributed by atoms with Crippen LogP contribution in [0.25, 0.3) is 0 Å². The molecule has 0 spiro atoms. The number of nitrogens with zero attached hydrogens (tertiary/aromatic N) is 2. The monoisotopic (exact) mass is 352 g/mol. The van der Waals surface area contributed by atoms with Crippen LogP contribution in [-0.4, -0.2) is 68.3 Å². The van der Waals surface area contributed by atoms with Crippen LogP contribution in [0.5, 0.6) is 5.75 Å². The fraction of sp³-hybridized carbons (Fsp3) is 0.611. The molecule has 0 aromatic heterocycles. The summed E-state index contributed by atoms with van der Waals surface area (Å²) in [6, 6.07) is 5.67. The van der Waals surface area contributed by atoms with Gasteiger partial charge in [-0.25, -0.2) is 0 Å². The van der Waals surface area contributed by atoms with Gasteiger partial charge in [0.1, 0.15) is 12.4 Å². The maximum atomic E-state index is 12.4. The first-order valence-electron chi connectivity index (χ1n) is 8.61. The van der Waals surface area contributed by atoms with Crippen LogP contribution in [-0.2, 0) is 9.53 Å². The summed E-state index contributed by atoms with van der Waals surface area (Å²) in [5.41, 5.74) is 1.05. The summed E-state index contributed by atoms with van der Waals surface area (Å²) >= 11 is 5.96. The summed E-state index contributed by atoms with van der Waals surface area (Å²) in [6.45, 7) is 8.24. The lowest BCUT2D eigenvalue weighted by atomic mass is 10.1. The molecule has 3 rings (SSSR count). The molecule has 0 saturated carbocycles. The number of hydrogen-bond acceptors (Lipinski definition) is 4. The summed E-state index contributed by atoms with van der Waals surface area (Å²) < 4.78 is 11.2. The number of benzene rings is 1. The minimum absolute atomic E-state index is 0.0766. The average Bonchev–Trinajstić information content (AvgIpc) is 3.11. The van der Waals surface area contributed by atoms with Gasteiger partial charge in [0.2, 0.25) is 5.91 Å². The summed E-state index contributed by atoms with van der Waals surface area (Å²) in [6.07, 6.45) is 0.868. The number of halogens is 1. The highest BCUT2D eigenvalue weighted by molar-refractivity contribution is 6.30. The van der Waals surface area contributed by atoms with Crippen LogP contribution < -0.4 is 4.74 Å². The largest absolute Gasteiger partial charge is 0.492 e. The number of piperazine rings is 1. The Balaban J connectivity index is 1.38. The third kappa shape index (κ3) is 4.41. The molecule has 132 valence electrons. The van der Waals surface area contributed by atoms with Gasteiger partial charge in [0.25, 0.3) is 0 Å². The number of ether oxygens (including phenoxy) is 2. The molecule has 2 heterocycles. The Morgan fingerprint density at radius 3 is 2.79 bits per heavy atom. The lowest BCUT2D eigenvalue weighted by molar-refractivity contribution is -0.137. The second-order valence-electron chi connectivity index (χ2n) is 6.49. The maximum Gasteiger partial charge on any atom is 0.228 e. The van der Waals surface area contributed by atoms with Gasteiger partial charge in [0.05, 0.1) is 12.5 Å². The Kier molecular flexibility index (Phi) is 5.98. The summed E-state index contributed by atoms with van der Waals surface area (Å²) in [4.78, 5) is 16.7. The van der Waals surface area contributed by atoms with Gasteiger partial charge in [-0.05, 0) is 37.1 Å². The van der Waals surface area contributed by atoms with E-state index in [1.807, 2.05) is 30.0 Å². The van der Waals surface area contributed by atoms with E-state index in [1.165, 1.54) is 0 Å². The molecule has 0 bridgehead atoms. The van der Waals surface area contributed by atoms with E-state index < -0.39 is 0 Å². The number of aryl methyl sites for hydroxylation is 1. The fourth-order valence-corrected chi connectivity index (χ4v) is 3.47. The van der Waals surface area contributed by atoms with E-state index in [4.69, 9.17) is 21.1 Å². The van der Waals surface area contributed by atoms with Crippen molar-refractivity contribution in [3.05, 3.63) is 28.8 Å². The minimum atomic E-state index is 0.0766. The smallest absolute Gasteiger partial charge is 0.228 e. The molecular weight excluding hydrogens is 328 g/mol. The number of hydrogen-bond donors (Lipinski definition) is 0. The third-order valence-corrected chi connectivity index (χ3v) is 5.00. The highest BCUT2D eigenvalue weighted by atomic mass is 35.5. The second kappa shape index (κ2) is 8.19. The van der Waals surface area contributed by atoms with Gasteiger partial charge in [0, 0.05) is 44.4 Å². The van der Waals surface area contributed by atoms with Crippen LogP contribution in [0.2, 0.25) is 5.02 Å². The zero-order chi connectivity index (χ0) is 16.9. The van der Waals surface area contributed by atoms with Crippen LogP contribution in [0, 0.1) is 12.8 Å². The molecule has 2 saturated heterocycles. The lowest BCUT2D eigenvalue weighted by Gasteiger charge is -2.35. The molecule has 0 radical (unpaired) electrons. The van der Waals surface area contributed by atoms with E-state index in [0.717, 1.165) is 62.1 Å². The normalized spacial score (nSPS) is 21.9. The van der Waals surface area contributed by atoms with Gasteiger partial charge < -0.3 is 14.4 Å². The van der Waals surface area contributed by atoms with Crippen LogP contribution in [0.3, 0.4) is 0 Å². The molecule has 0 unspecified atom stereocenters. The Bertz CT molecular complexity index is 567. The Morgan fingerprint density at radius 1 is 1.33 bits per heavy atom. The van der Waals surface area contributed by atoms with Crippen LogP contribution in [0.4, 0.5) is 0 Å². The van der Waals surface area contributed by atoms with Gasteiger partial charge in [-0.2, -0.15) is 0 Å². The maximum absolute atomic E-state index is 12.4. The molecule has 6 heteroatoms. The molecule has 2 aliphatic rings. The molecule has 1 atom stereocenters. The van der Waals surface area contributed by atoms with Crippen LogP contribution >= 0.6 is 11.6 Å². The van der Waals surface area contributed by atoms with Crippen LogP contribution in [0.15, 0.2) is 18.2 Å². The van der Waals surface area contributed by atoms with Gasteiger partial charge in [-0.3, -0.25) is 9.69 Å². The van der Waals surface area contributed by atoms with E-state index >= 15 is 0 Å². The molecule has 24 heavy (non-hydrogen) atoms. The molecule has 1 aromatic carbocycles. The summed E-state index contributed by atoms with van der Waals surface area (Å²) in [7, 11) is 0. The standard InChI is InChI=1S/C18H25ClN2O3/c1-14-12-16(19)2-3-17(14)24-11-9-20-5-7-21(8-6-20)18(22)15-4-10-23-13-15/h2-3,12,15H,4-11,13H2,1H3/t15-/m1/s1. The van der Waals surface area contributed by atoms with E-state index in [9.17, 15) is 4.79 Å². The van der Waals surface area contributed by atoms with Gasteiger partial charge in [-0.15, -0.1) is 0 Å². The number of carbonyl (C=O) groups excluding carboxylic acids is 1. The average molecular weight is 353 g/mol. The molecule has 1 aromatic rings. The second-order valence-corrected chi connectivity index (χ2v) is 6.92. The minimum Gasteiger partial charge on any atom is -0.492 e. The third-order valence-electron chi connectivity index (χ3n) is 4.76. The number of amides is 1. The van der Waals surface area contributed by atoms with E-state index in [-0.39, 0.29) is 11.8 Å². The van der Waals surface area contributed by atoms with Crippen molar-refractivity contribution < 1.29 is 14.3 Å². The Hall–Kier alpha value is -1.30. The van der Waals surface area contributed by atoms with Crippen molar-refractivity contribution in [2.75, 3.05) is 52.5 Å². The summed E-state index contributed by atoms with van der Waals surface area (Å²) in [5, 5.41) is 0.730. The van der Waals surface area contributed by atoms with Crippen molar-refractivity contribution in [2.45, 2.75) is 13.3 Å². The van der Waals surface area contributed by atoms with Gasteiger partial charge in [-0.1, -0.05) is 11.6 Å². The molecule has 0 N–H and O–H groups in total. The van der Waals surface area contributed by atoms with E-state index in [0.29, 0.717) is 13.2 Å². The fourth-order valence-electron chi connectivity index (χ4n) is 3.24. The van der Waals surface area contributed by atoms with Crippen molar-refractivity contribution >= 4 is 17.5 Å². The molecule has 5 nitrogen and oxygen atoms in total. The first kappa shape index (κ1) is 17.5. The zero-order valence-corrected chi connectivity index (χ0v) is 14.9. The number of carbonyl (C=O) groups is 1. The van der Waals surface area contributed by atoms with E-state index in [1.54, 1.807) is 0 Å². The van der Waals surface area contributed by atoms with Crippen molar-refractivity contribution in [1.29, 1.82) is 0 Å². The van der Waals surface area contributed by atoms with Crippen molar-refractivity contribution in [1.82, 2.24) is 9.80 Å². The van der Waals surface area contributed by atoms with E-state index in [2.05, 4.69) is 4.90 Å². The topological polar surface area (TPSA) is 42.0 Å². The number of rotatable bonds is 5. The SMILES string of the molecule is Cc1cc(Cl)ccc1OCCN1CCN(C(=O)[C@@H]2CCOC2)CC1. The van der Waals surface area contributed by atoms with Crippen LogP contribution in [0.1, 0.15) is 12.0 Å². The molecule has 0 aliphatic carbocycles. The Morgan fingerprint density at radius 2 is 2.12 bits per heavy atom. The summed E-state index contributed by atoms with van der Waals surface area (Å²) in [5.74, 6) is 1.22. The first-order chi connectivity index (χ1) is 11.6. The first-order valence-corrected chi connectivity index (χ1v) is 8.99. The quantitative estimate of drug-likeness (QED) is 0.814. The Labute approximate surface area is 148 Å². The molecule has 1 amide bonds. The van der Waals surface area contributed by atoms with Gasteiger partial charge in [0.15, 0.2) is 0 Å². The van der Waals surface area contributed by atoms with Gasteiger partial charge >= 0.3 is 0 Å². The predicted octanol–water partition coefficient (Wildman–Crippen LogP) is 2.21. The predicted molar refractivity (Wildman–Crippen MR) is 93.6 cm³/mol. The lowest BCUT2D eigenvalue weighted by Crippen LogP contribution is -2.51. The molecule has 2 aliphatic heterocycles. The highest BCUT2D eigenvalue weighted by Crippen LogP contribution is 2.22. The highest BCUT2D eigenvalue weighted by Gasteiger charge is 2.29. The van der Waals surface area contributed by atoms with Crippen molar-refractivity contribution in [3.8, 4) is 5.75 Å².